The Bertz CT molecular complexity index is 831. The van der Waals surface area contributed by atoms with Gasteiger partial charge in [-0.2, -0.15) is 18.3 Å². The molecule has 0 amide bonds. The fraction of sp³-hybridized carbons (Fsp3) is 0.400. The second kappa shape index (κ2) is 6.55. The minimum atomic E-state index is -4.47. The van der Waals surface area contributed by atoms with Crippen molar-refractivity contribution < 1.29 is 13.2 Å². The minimum Gasteiger partial charge on any atom is -0.368 e. The van der Waals surface area contributed by atoms with Gasteiger partial charge in [0, 0.05) is 45.1 Å². The lowest BCUT2D eigenvalue weighted by Crippen LogP contribution is -2.47. The highest BCUT2D eigenvalue weighted by molar-refractivity contribution is 6.33. The highest BCUT2D eigenvalue weighted by atomic mass is 35.5. The van der Waals surface area contributed by atoms with Gasteiger partial charge in [-0.1, -0.05) is 11.6 Å². The molecule has 10 heteroatoms. The van der Waals surface area contributed by atoms with Crippen molar-refractivity contribution in [1.29, 1.82) is 0 Å². The molecule has 0 aromatic carbocycles. The predicted molar refractivity (Wildman–Crippen MR) is 88.2 cm³/mol. The maximum atomic E-state index is 12.8. The number of piperazine rings is 1. The van der Waals surface area contributed by atoms with E-state index in [0.29, 0.717) is 37.6 Å². The monoisotopic (exact) mass is 373 g/mol. The topological polar surface area (TPSA) is 54.3 Å². The van der Waals surface area contributed by atoms with Crippen molar-refractivity contribution in [3.05, 3.63) is 45.6 Å². The van der Waals surface area contributed by atoms with E-state index in [1.807, 2.05) is 9.80 Å². The van der Waals surface area contributed by atoms with Gasteiger partial charge in [-0.3, -0.25) is 9.78 Å². The molecule has 0 unspecified atom stereocenters. The summed E-state index contributed by atoms with van der Waals surface area (Å²) in [5.74, 6) is 0. The van der Waals surface area contributed by atoms with Crippen molar-refractivity contribution in [3.8, 4) is 0 Å². The smallest absolute Gasteiger partial charge is 0.368 e. The summed E-state index contributed by atoms with van der Waals surface area (Å²) in [6, 6.07) is 2.60. The number of rotatable bonds is 2. The molecule has 1 aliphatic rings. The minimum absolute atomic E-state index is 0.0919. The Kier molecular flexibility index (Phi) is 4.59. The van der Waals surface area contributed by atoms with Gasteiger partial charge in [0.15, 0.2) is 0 Å². The first kappa shape index (κ1) is 17.5. The molecule has 6 nitrogen and oxygen atoms in total. The lowest BCUT2D eigenvalue weighted by atomic mass is 10.2. The number of nitrogens with zero attached hydrogens (tertiary/aromatic N) is 5. The third-order valence-electron chi connectivity index (χ3n) is 4.08. The van der Waals surface area contributed by atoms with Crippen molar-refractivity contribution in [2.75, 3.05) is 36.0 Å². The molecule has 2 aromatic heterocycles. The Labute approximate surface area is 146 Å². The van der Waals surface area contributed by atoms with Crippen LogP contribution in [0.1, 0.15) is 5.69 Å². The van der Waals surface area contributed by atoms with Crippen molar-refractivity contribution in [1.82, 2.24) is 14.8 Å². The summed E-state index contributed by atoms with van der Waals surface area (Å²) < 4.78 is 39.5. The standard InChI is InChI=1S/C15H15ClF3N5O/c1-22-14(25)13(16)11(9-21-22)24-6-4-23(5-7-24)10-2-3-20-12(8-10)15(17,18)19/h2-3,8-9H,4-7H2,1H3. The van der Waals surface area contributed by atoms with Crippen molar-refractivity contribution in [3.63, 3.8) is 0 Å². The number of hydrogen-bond donors (Lipinski definition) is 0. The van der Waals surface area contributed by atoms with Crippen LogP contribution in [0.5, 0.6) is 0 Å². The molecule has 25 heavy (non-hydrogen) atoms. The van der Waals surface area contributed by atoms with Crippen LogP contribution < -0.4 is 15.4 Å². The summed E-state index contributed by atoms with van der Waals surface area (Å²) in [5, 5.41) is 4.05. The molecule has 1 fully saturated rings. The number of aromatic nitrogens is 3. The van der Waals surface area contributed by atoms with E-state index < -0.39 is 11.9 Å². The van der Waals surface area contributed by atoms with Gasteiger partial charge in [-0.05, 0) is 12.1 Å². The van der Waals surface area contributed by atoms with Crippen LogP contribution >= 0.6 is 11.6 Å². The molecule has 1 aliphatic heterocycles. The van der Waals surface area contributed by atoms with Crippen LogP contribution in [-0.2, 0) is 13.2 Å². The van der Waals surface area contributed by atoms with Gasteiger partial charge in [0.1, 0.15) is 10.7 Å². The summed E-state index contributed by atoms with van der Waals surface area (Å²) in [7, 11) is 1.51. The molecule has 0 spiro atoms. The summed E-state index contributed by atoms with van der Waals surface area (Å²) in [6.07, 6.45) is -1.79. The van der Waals surface area contributed by atoms with Gasteiger partial charge in [0.25, 0.3) is 5.56 Å². The zero-order chi connectivity index (χ0) is 18.2. The normalized spacial score (nSPS) is 15.6. The zero-order valence-corrected chi connectivity index (χ0v) is 14.0. The number of anilines is 2. The van der Waals surface area contributed by atoms with E-state index in [1.54, 1.807) is 6.07 Å². The molecular formula is C15H15ClF3N5O. The molecule has 0 N–H and O–H groups in total. The van der Waals surface area contributed by atoms with Crippen molar-refractivity contribution in [2.45, 2.75) is 6.18 Å². The second-order valence-corrected chi connectivity index (χ2v) is 6.02. The third-order valence-corrected chi connectivity index (χ3v) is 4.43. The van der Waals surface area contributed by atoms with Crippen molar-refractivity contribution in [2.24, 2.45) is 7.05 Å². The number of hydrogen-bond acceptors (Lipinski definition) is 5. The summed E-state index contributed by atoms with van der Waals surface area (Å²) in [6.45, 7) is 2.01. The molecule has 0 bridgehead atoms. The van der Waals surface area contributed by atoms with Crippen molar-refractivity contribution >= 4 is 23.0 Å². The first-order valence-electron chi connectivity index (χ1n) is 7.52. The second-order valence-electron chi connectivity index (χ2n) is 5.64. The first-order chi connectivity index (χ1) is 11.8. The van der Waals surface area contributed by atoms with Gasteiger partial charge < -0.3 is 9.80 Å². The van der Waals surface area contributed by atoms with Crippen LogP contribution in [0.2, 0.25) is 5.02 Å². The fourth-order valence-electron chi connectivity index (χ4n) is 2.70. The highest BCUT2D eigenvalue weighted by Gasteiger charge is 2.33. The van der Waals surface area contributed by atoms with Gasteiger partial charge in [-0.25, -0.2) is 4.68 Å². The Morgan fingerprint density at radius 1 is 1.16 bits per heavy atom. The van der Waals surface area contributed by atoms with Gasteiger partial charge in [0.05, 0.1) is 11.9 Å². The molecule has 0 radical (unpaired) electrons. The van der Waals surface area contributed by atoms with Crippen LogP contribution in [0.4, 0.5) is 24.5 Å². The van der Waals surface area contributed by atoms with E-state index in [9.17, 15) is 18.0 Å². The molecule has 0 aliphatic carbocycles. The van der Waals surface area contributed by atoms with E-state index in [-0.39, 0.29) is 10.6 Å². The van der Waals surface area contributed by atoms with E-state index in [4.69, 9.17) is 11.6 Å². The molecule has 3 heterocycles. The third kappa shape index (κ3) is 3.55. The summed E-state index contributed by atoms with van der Waals surface area (Å²) >= 11 is 6.09. The number of aryl methyl sites for hydroxylation is 1. The summed E-state index contributed by atoms with van der Waals surface area (Å²) in [4.78, 5) is 19.0. The van der Waals surface area contributed by atoms with Crippen LogP contribution in [0.3, 0.4) is 0 Å². The van der Waals surface area contributed by atoms with Gasteiger partial charge in [-0.15, -0.1) is 0 Å². The zero-order valence-electron chi connectivity index (χ0n) is 13.3. The summed E-state index contributed by atoms with van der Waals surface area (Å²) in [5.41, 5.74) is -0.290. The van der Waals surface area contributed by atoms with E-state index in [2.05, 4.69) is 10.1 Å². The van der Waals surface area contributed by atoms with Crippen LogP contribution in [0.25, 0.3) is 0 Å². The van der Waals surface area contributed by atoms with Crippen LogP contribution in [0.15, 0.2) is 29.3 Å². The van der Waals surface area contributed by atoms with Gasteiger partial charge in [0.2, 0.25) is 0 Å². The van der Waals surface area contributed by atoms with E-state index in [0.717, 1.165) is 16.9 Å². The Balaban J connectivity index is 1.75. The molecule has 3 rings (SSSR count). The maximum Gasteiger partial charge on any atom is 0.433 e. The van der Waals surface area contributed by atoms with E-state index in [1.165, 1.54) is 13.2 Å². The quantitative estimate of drug-likeness (QED) is 0.807. The Morgan fingerprint density at radius 2 is 1.80 bits per heavy atom. The molecule has 0 atom stereocenters. The van der Waals surface area contributed by atoms with Crippen LogP contribution in [0, 0.1) is 0 Å². The fourth-order valence-corrected chi connectivity index (χ4v) is 2.99. The Hall–Kier alpha value is -2.29. The first-order valence-corrected chi connectivity index (χ1v) is 7.90. The highest BCUT2D eigenvalue weighted by Crippen LogP contribution is 2.30. The molecule has 0 saturated carbocycles. The number of alkyl halides is 3. The predicted octanol–water partition coefficient (Wildman–Crippen LogP) is 2.17. The molecule has 1 saturated heterocycles. The largest absolute Gasteiger partial charge is 0.433 e. The average Bonchev–Trinajstić information content (AvgIpc) is 2.59. The average molecular weight is 374 g/mol. The lowest BCUT2D eigenvalue weighted by Gasteiger charge is -2.37. The lowest BCUT2D eigenvalue weighted by molar-refractivity contribution is -0.141. The van der Waals surface area contributed by atoms with Crippen LogP contribution in [-0.4, -0.2) is 40.9 Å². The molecular weight excluding hydrogens is 359 g/mol. The van der Waals surface area contributed by atoms with Gasteiger partial charge >= 0.3 is 6.18 Å². The maximum absolute atomic E-state index is 12.8. The number of pyridine rings is 1. The van der Waals surface area contributed by atoms with E-state index >= 15 is 0 Å². The molecule has 2 aromatic rings. The number of halogens is 4. The molecule has 134 valence electrons. The Morgan fingerprint density at radius 3 is 2.44 bits per heavy atom. The SMILES string of the molecule is Cn1ncc(N2CCN(c3ccnc(C(F)(F)F)c3)CC2)c(Cl)c1=O.